The molecule has 1 saturated heterocycles. The maximum absolute atomic E-state index is 2.66. The van der Waals surface area contributed by atoms with Gasteiger partial charge < -0.3 is 0 Å². The maximum Gasteiger partial charge on any atom is 0.0445 e. The first-order chi connectivity index (χ1) is 9.70. The van der Waals surface area contributed by atoms with Crippen molar-refractivity contribution in [3.8, 4) is 0 Å². The van der Waals surface area contributed by atoms with Crippen LogP contribution < -0.4 is 0 Å². The summed E-state index contributed by atoms with van der Waals surface area (Å²) in [4.78, 5) is 2.66. The lowest BCUT2D eigenvalue weighted by molar-refractivity contribution is 0.195. The molecule has 0 bridgehead atoms. The predicted octanol–water partition coefficient (Wildman–Crippen LogP) is 5.94. The molecule has 0 spiro atoms. The van der Waals surface area contributed by atoms with Gasteiger partial charge in [0, 0.05) is 18.2 Å². The first kappa shape index (κ1) is 18.4. The van der Waals surface area contributed by atoms with Crippen LogP contribution in [0.2, 0.25) is 0 Å². The third-order valence-electron chi connectivity index (χ3n) is 4.88. The van der Waals surface area contributed by atoms with Crippen LogP contribution in [0.1, 0.15) is 85.0 Å². The number of unbranched alkanes of at least 4 members (excludes halogenated alkanes) is 5. The summed E-state index contributed by atoms with van der Waals surface area (Å²) in [7, 11) is 0. The molecule has 1 fully saturated rings. The first-order valence-electron chi connectivity index (χ1n) is 9.00. The summed E-state index contributed by atoms with van der Waals surface area (Å²) in [5.74, 6) is 2.63. The van der Waals surface area contributed by atoms with Gasteiger partial charge in [0.05, 0.1) is 0 Å². The fourth-order valence-corrected chi connectivity index (χ4v) is 4.24. The molecule has 0 aromatic rings. The number of hydrogen-bond acceptors (Lipinski definition) is 2. The van der Waals surface area contributed by atoms with E-state index in [1.54, 1.807) is 0 Å². The van der Waals surface area contributed by atoms with E-state index >= 15 is 0 Å². The standard InChI is InChI=1S/C18H37NS/c1-4-6-8-10-12-18(3,11-9-7-5-2)13-14-19-15-16-20-17-19/h4-17H2,1-3H3. The van der Waals surface area contributed by atoms with Crippen LogP contribution in [0.4, 0.5) is 0 Å². The molecule has 1 unspecified atom stereocenters. The lowest BCUT2D eigenvalue weighted by Crippen LogP contribution is -2.27. The molecule has 2 heteroatoms. The van der Waals surface area contributed by atoms with Crippen molar-refractivity contribution in [3.05, 3.63) is 0 Å². The Morgan fingerprint density at radius 3 is 2.15 bits per heavy atom. The maximum atomic E-state index is 2.66. The van der Waals surface area contributed by atoms with Crippen LogP contribution in [0.25, 0.3) is 0 Å². The number of nitrogens with zero attached hydrogens (tertiary/aromatic N) is 1. The van der Waals surface area contributed by atoms with Crippen molar-refractivity contribution in [2.24, 2.45) is 5.41 Å². The Labute approximate surface area is 132 Å². The molecule has 120 valence electrons. The molecular formula is C18H37NS. The summed E-state index contributed by atoms with van der Waals surface area (Å²) < 4.78 is 0. The van der Waals surface area contributed by atoms with E-state index in [0.29, 0.717) is 5.41 Å². The van der Waals surface area contributed by atoms with E-state index in [-0.39, 0.29) is 0 Å². The molecule has 0 saturated carbocycles. The second kappa shape index (κ2) is 11.0. The van der Waals surface area contributed by atoms with Crippen molar-refractivity contribution in [1.82, 2.24) is 4.90 Å². The van der Waals surface area contributed by atoms with Crippen LogP contribution >= 0.6 is 11.8 Å². The quantitative estimate of drug-likeness (QED) is 0.410. The van der Waals surface area contributed by atoms with Crippen LogP contribution in [0.3, 0.4) is 0 Å². The second-order valence-corrected chi connectivity index (χ2v) is 8.06. The van der Waals surface area contributed by atoms with Crippen molar-refractivity contribution in [3.63, 3.8) is 0 Å². The van der Waals surface area contributed by atoms with Crippen molar-refractivity contribution in [1.29, 1.82) is 0 Å². The van der Waals surface area contributed by atoms with Gasteiger partial charge in [-0.05, 0) is 31.2 Å². The molecule has 1 aliphatic heterocycles. The molecule has 1 rings (SSSR count). The van der Waals surface area contributed by atoms with Gasteiger partial charge in [-0.25, -0.2) is 0 Å². The van der Waals surface area contributed by atoms with E-state index in [0.717, 1.165) is 0 Å². The van der Waals surface area contributed by atoms with Crippen molar-refractivity contribution >= 4 is 11.8 Å². The van der Waals surface area contributed by atoms with Gasteiger partial charge in [-0.3, -0.25) is 4.90 Å². The molecular weight excluding hydrogens is 262 g/mol. The van der Waals surface area contributed by atoms with Gasteiger partial charge >= 0.3 is 0 Å². The van der Waals surface area contributed by atoms with Gasteiger partial charge in [0.15, 0.2) is 0 Å². The van der Waals surface area contributed by atoms with Gasteiger partial charge in [-0.1, -0.05) is 65.7 Å². The van der Waals surface area contributed by atoms with Gasteiger partial charge in [-0.15, -0.1) is 11.8 Å². The van der Waals surface area contributed by atoms with E-state index in [1.165, 1.54) is 88.9 Å². The van der Waals surface area contributed by atoms with Crippen molar-refractivity contribution < 1.29 is 0 Å². The fourth-order valence-electron chi connectivity index (χ4n) is 3.21. The Morgan fingerprint density at radius 1 is 0.900 bits per heavy atom. The van der Waals surface area contributed by atoms with E-state index in [2.05, 4.69) is 37.4 Å². The Hall–Kier alpha value is 0.310. The fraction of sp³-hybridized carbons (Fsp3) is 1.00. The minimum absolute atomic E-state index is 0.607. The lowest BCUT2D eigenvalue weighted by Gasteiger charge is -2.32. The van der Waals surface area contributed by atoms with Crippen molar-refractivity contribution in [2.75, 3.05) is 24.7 Å². The molecule has 0 aromatic carbocycles. The molecule has 1 atom stereocenters. The Bertz CT molecular complexity index is 225. The number of hydrogen-bond donors (Lipinski definition) is 0. The largest absolute Gasteiger partial charge is 0.293 e. The average molecular weight is 300 g/mol. The molecule has 0 aromatic heterocycles. The van der Waals surface area contributed by atoms with Crippen molar-refractivity contribution in [2.45, 2.75) is 85.0 Å². The van der Waals surface area contributed by atoms with Crippen LogP contribution in [0.15, 0.2) is 0 Å². The second-order valence-electron chi connectivity index (χ2n) is 6.98. The smallest absolute Gasteiger partial charge is 0.0445 e. The Kier molecular flexibility index (Phi) is 10.1. The Balaban J connectivity index is 2.30. The van der Waals surface area contributed by atoms with Gasteiger partial charge in [0.25, 0.3) is 0 Å². The summed E-state index contributed by atoms with van der Waals surface area (Å²) in [5, 5.41) is 0. The van der Waals surface area contributed by atoms with Crippen LogP contribution in [0.5, 0.6) is 0 Å². The zero-order chi connectivity index (χ0) is 14.7. The number of thioether (sulfide) groups is 1. The van der Waals surface area contributed by atoms with E-state index < -0.39 is 0 Å². The zero-order valence-electron chi connectivity index (χ0n) is 14.3. The highest BCUT2D eigenvalue weighted by Gasteiger charge is 2.24. The third kappa shape index (κ3) is 7.93. The minimum atomic E-state index is 0.607. The first-order valence-corrected chi connectivity index (χ1v) is 10.2. The molecule has 20 heavy (non-hydrogen) atoms. The average Bonchev–Trinajstić information content (AvgIpc) is 2.95. The molecule has 1 aliphatic rings. The predicted molar refractivity (Wildman–Crippen MR) is 94.5 cm³/mol. The summed E-state index contributed by atoms with van der Waals surface area (Å²) in [6.45, 7) is 9.86. The zero-order valence-corrected chi connectivity index (χ0v) is 15.1. The highest BCUT2D eigenvalue weighted by molar-refractivity contribution is 7.99. The monoisotopic (exact) mass is 299 g/mol. The highest BCUT2D eigenvalue weighted by Crippen LogP contribution is 2.35. The summed E-state index contributed by atoms with van der Waals surface area (Å²) in [6, 6.07) is 0. The van der Waals surface area contributed by atoms with Gasteiger partial charge in [0.1, 0.15) is 0 Å². The van der Waals surface area contributed by atoms with E-state index in [4.69, 9.17) is 0 Å². The summed E-state index contributed by atoms with van der Waals surface area (Å²) in [5.41, 5.74) is 0.607. The van der Waals surface area contributed by atoms with Crippen LogP contribution in [-0.2, 0) is 0 Å². The minimum Gasteiger partial charge on any atom is -0.293 e. The van der Waals surface area contributed by atoms with E-state index in [1.807, 2.05) is 0 Å². The molecule has 0 N–H and O–H groups in total. The highest BCUT2D eigenvalue weighted by atomic mass is 32.2. The third-order valence-corrected chi connectivity index (χ3v) is 5.89. The van der Waals surface area contributed by atoms with Crippen LogP contribution in [-0.4, -0.2) is 29.6 Å². The van der Waals surface area contributed by atoms with E-state index in [9.17, 15) is 0 Å². The topological polar surface area (TPSA) is 3.24 Å². The molecule has 0 amide bonds. The number of rotatable bonds is 12. The molecule has 1 heterocycles. The molecule has 1 nitrogen and oxygen atoms in total. The molecule has 0 aliphatic carbocycles. The summed E-state index contributed by atoms with van der Waals surface area (Å²) >= 11 is 2.10. The normalized spacial score (nSPS) is 19.4. The lowest BCUT2D eigenvalue weighted by atomic mass is 9.77. The molecule has 0 radical (unpaired) electrons. The SMILES string of the molecule is CCCCCCC(C)(CCCCC)CCN1CCSC1. The van der Waals surface area contributed by atoms with Gasteiger partial charge in [-0.2, -0.15) is 0 Å². The Morgan fingerprint density at radius 2 is 1.55 bits per heavy atom. The summed E-state index contributed by atoms with van der Waals surface area (Å²) in [6.07, 6.45) is 14.2. The van der Waals surface area contributed by atoms with Gasteiger partial charge in [0.2, 0.25) is 0 Å². The van der Waals surface area contributed by atoms with Crippen LogP contribution in [0, 0.1) is 5.41 Å².